The van der Waals surface area contributed by atoms with Gasteiger partial charge in [0, 0.05) is 24.5 Å². The summed E-state index contributed by atoms with van der Waals surface area (Å²) in [4.78, 5) is 4.28. The van der Waals surface area contributed by atoms with Crippen LogP contribution in [-0.2, 0) is 0 Å². The summed E-state index contributed by atoms with van der Waals surface area (Å²) < 4.78 is 0. The summed E-state index contributed by atoms with van der Waals surface area (Å²) in [6, 6.07) is 1.90. The zero-order valence-electron chi connectivity index (χ0n) is 10.1. The van der Waals surface area contributed by atoms with Gasteiger partial charge in [0.25, 0.3) is 0 Å². The molecule has 0 amide bonds. The molecule has 0 atom stereocenters. The number of hydrogen-bond donors (Lipinski definition) is 2. The lowest BCUT2D eigenvalue weighted by molar-refractivity contribution is 0.748. The maximum absolute atomic E-state index is 5.81. The highest BCUT2D eigenvalue weighted by atomic mass is 32.2. The van der Waals surface area contributed by atoms with Crippen LogP contribution in [0.3, 0.4) is 0 Å². The van der Waals surface area contributed by atoms with Crippen LogP contribution in [0, 0.1) is 6.92 Å². The first kappa shape index (κ1) is 13.2. The van der Waals surface area contributed by atoms with Crippen molar-refractivity contribution in [3.8, 4) is 0 Å². The Kier molecular flexibility index (Phi) is 6.08. The monoisotopic (exact) mass is 239 g/mol. The fourth-order valence-corrected chi connectivity index (χ4v) is 1.89. The van der Waals surface area contributed by atoms with Gasteiger partial charge >= 0.3 is 0 Å². The van der Waals surface area contributed by atoms with Crippen molar-refractivity contribution in [3.05, 3.63) is 17.8 Å². The van der Waals surface area contributed by atoms with E-state index in [1.165, 1.54) is 25.0 Å². The number of aromatic nitrogens is 1. The highest BCUT2D eigenvalue weighted by molar-refractivity contribution is 7.98. The smallest absolute Gasteiger partial charge is 0.127 e. The predicted molar refractivity (Wildman–Crippen MR) is 74.1 cm³/mol. The summed E-state index contributed by atoms with van der Waals surface area (Å²) in [5.74, 6) is 2.14. The topological polar surface area (TPSA) is 50.9 Å². The molecule has 0 spiro atoms. The van der Waals surface area contributed by atoms with Crippen LogP contribution in [-0.4, -0.2) is 23.5 Å². The van der Waals surface area contributed by atoms with Crippen LogP contribution in [0.2, 0.25) is 0 Å². The van der Waals surface area contributed by atoms with Crippen molar-refractivity contribution < 1.29 is 0 Å². The predicted octanol–water partition coefficient (Wildman–Crippen LogP) is 2.92. The molecule has 0 radical (unpaired) electrons. The first-order chi connectivity index (χ1) is 7.74. The fourth-order valence-electron chi connectivity index (χ4n) is 1.40. The molecule has 3 nitrogen and oxygen atoms in total. The zero-order valence-corrected chi connectivity index (χ0v) is 10.9. The van der Waals surface area contributed by atoms with Gasteiger partial charge in [0.1, 0.15) is 5.82 Å². The molecule has 1 aromatic rings. The van der Waals surface area contributed by atoms with Crippen molar-refractivity contribution in [2.75, 3.05) is 29.6 Å². The van der Waals surface area contributed by atoms with E-state index in [4.69, 9.17) is 5.73 Å². The minimum atomic E-state index is 0.805. The summed E-state index contributed by atoms with van der Waals surface area (Å²) in [6.07, 6.45) is 7.72. The number of nitrogens with zero attached hydrogens (tertiary/aromatic N) is 1. The van der Waals surface area contributed by atoms with Crippen LogP contribution in [0.4, 0.5) is 11.5 Å². The fraction of sp³-hybridized carbons (Fsp3) is 0.583. The maximum Gasteiger partial charge on any atom is 0.127 e. The molecule has 0 aromatic carbocycles. The van der Waals surface area contributed by atoms with E-state index in [2.05, 4.69) is 16.6 Å². The molecule has 16 heavy (non-hydrogen) atoms. The minimum Gasteiger partial charge on any atom is -0.398 e. The van der Waals surface area contributed by atoms with Crippen LogP contribution in [0.1, 0.15) is 24.8 Å². The van der Waals surface area contributed by atoms with E-state index in [9.17, 15) is 0 Å². The van der Waals surface area contributed by atoms with Gasteiger partial charge < -0.3 is 11.1 Å². The molecule has 3 N–H and O–H groups in total. The minimum absolute atomic E-state index is 0.805. The van der Waals surface area contributed by atoms with Crippen molar-refractivity contribution in [2.45, 2.75) is 26.2 Å². The van der Waals surface area contributed by atoms with Gasteiger partial charge in [0.15, 0.2) is 0 Å². The maximum atomic E-state index is 5.81. The van der Waals surface area contributed by atoms with E-state index in [0.29, 0.717) is 0 Å². The Morgan fingerprint density at radius 2 is 2.19 bits per heavy atom. The van der Waals surface area contributed by atoms with Gasteiger partial charge in [-0.15, -0.1) is 0 Å². The molecule has 0 unspecified atom stereocenters. The third-order valence-electron chi connectivity index (χ3n) is 2.48. The molecule has 0 bridgehead atoms. The Morgan fingerprint density at radius 1 is 1.38 bits per heavy atom. The van der Waals surface area contributed by atoms with E-state index >= 15 is 0 Å². The molecule has 0 saturated carbocycles. The molecule has 4 heteroatoms. The standard InChI is InChI=1S/C12H21N3S/c1-10-9-15-12(8-11(10)13)14-6-4-3-5-7-16-2/h8-9H,3-7H2,1-2H3,(H3,13,14,15). The molecule has 0 aliphatic rings. The van der Waals surface area contributed by atoms with Crippen LogP contribution in [0.15, 0.2) is 12.3 Å². The summed E-state index contributed by atoms with van der Waals surface area (Å²) in [6.45, 7) is 2.94. The Morgan fingerprint density at radius 3 is 2.88 bits per heavy atom. The van der Waals surface area contributed by atoms with Crippen LogP contribution >= 0.6 is 11.8 Å². The molecule has 1 rings (SSSR count). The average molecular weight is 239 g/mol. The first-order valence-corrected chi connectivity index (χ1v) is 7.08. The van der Waals surface area contributed by atoms with Crippen molar-refractivity contribution in [2.24, 2.45) is 0 Å². The number of hydrogen-bond acceptors (Lipinski definition) is 4. The second kappa shape index (κ2) is 7.39. The van der Waals surface area contributed by atoms with Crippen molar-refractivity contribution in [3.63, 3.8) is 0 Å². The second-order valence-corrected chi connectivity index (χ2v) is 4.89. The molecule has 0 fully saturated rings. The third kappa shape index (κ3) is 4.75. The number of nitrogens with two attached hydrogens (primary N) is 1. The molecular formula is C12H21N3S. The molecule has 90 valence electrons. The molecular weight excluding hydrogens is 218 g/mol. The average Bonchev–Trinajstić information content (AvgIpc) is 2.28. The van der Waals surface area contributed by atoms with Crippen LogP contribution in [0.5, 0.6) is 0 Å². The van der Waals surface area contributed by atoms with Gasteiger partial charge in [-0.05, 0) is 37.3 Å². The van der Waals surface area contributed by atoms with Crippen LogP contribution < -0.4 is 11.1 Å². The molecule has 0 aliphatic heterocycles. The van der Waals surface area contributed by atoms with Gasteiger partial charge in [-0.25, -0.2) is 4.98 Å². The van der Waals surface area contributed by atoms with E-state index in [0.717, 1.165) is 23.6 Å². The van der Waals surface area contributed by atoms with E-state index < -0.39 is 0 Å². The Labute approximate surface area is 102 Å². The highest BCUT2D eigenvalue weighted by Gasteiger charge is 1.97. The van der Waals surface area contributed by atoms with E-state index in [1.807, 2.05) is 30.9 Å². The van der Waals surface area contributed by atoms with E-state index in [-0.39, 0.29) is 0 Å². The summed E-state index contributed by atoms with van der Waals surface area (Å²) in [7, 11) is 0. The normalized spacial score (nSPS) is 10.4. The first-order valence-electron chi connectivity index (χ1n) is 5.69. The van der Waals surface area contributed by atoms with Crippen molar-refractivity contribution >= 4 is 23.3 Å². The number of thioether (sulfide) groups is 1. The van der Waals surface area contributed by atoms with Crippen molar-refractivity contribution in [1.29, 1.82) is 0 Å². The van der Waals surface area contributed by atoms with Gasteiger partial charge in [0.2, 0.25) is 0 Å². The third-order valence-corrected chi connectivity index (χ3v) is 3.17. The number of unbranched alkanes of at least 4 members (excludes halogenated alkanes) is 2. The number of pyridine rings is 1. The van der Waals surface area contributed by atoms with Gasteiger partial charge in [-0.2, -0.15) is 11.8 Å². The Bertz CT molecular complexity index is 315. The molecule has 0 aliphatic carbocycles. The number of anilines is 2. The summed E-state index contributed by atoms with van der Waals surface area (Å²) in [5, 5.41) is 3.29. The summed E-state index contributed by atoms with van der Waals surface area (Å²) >= 11 is 1.91. The van der Waals surface area contributed by atoms with Gasteiger partial charge in [-0.1, -0.05) is 6.42 Å². The molecule has 1 heterocycles. The lowest BCUT2D eigenvalue weighted by atomic mass is 10.2. The highest BCUT2D eigenvalue weighted by Crippen LogP contribution is 2.13. The number of nitrogens with one attached hydrogen (secondary N) is 1. The molecule has 1 aromatic heterocycles. The zero-order chi connectivity index (χ0) is 11.8. The van der Waals surface area contributed by atoms with Crippen molar-refractivity contribution in [1.82, 2.24) is 4.98 Å². The molecule has 0 saturated heterocycles. The second-order valence-electron chi connectivity index (χ2n) is 3.91. The number of rotatable bonds is 7. The van der Waals surface area contributed by atoms with Crippen LogP contribution in [0.25, 0.3) is 0 Å². The number of aryl methyl sites for hydroxylation is 1. The Balaban J connectivity index is 2.19. The Hall–Kier alpha value is -0.900. The lowest BCUT2D eigenvalue weighted by Crippen LogP contribution is -2.04. The van der Waals surface area contributed by atoms with Gasteiger partial charge in [-0.3, -0.25) is 0 Å². The lowest BCUT2D eigenvalue weighted by Gasteiger charge is -2.07. The SMILES string of the molecule is CSCCCCCNc1cc(N)c(C)cn1. The van der Waals surface area contributed by atoms with Gasteiger partial charge in [0.05, 0.1) is 0 Å². The van der Waals surface area contributed by atoms with E-state index in [1.54, 1.807) is 0 Å². The quantitative estimate of drug-likeness (QED) is 0.718. The summed E-state index contributed by atoms with van der Waals surface area (Å²) in [5.41, 5.74) is 7.65. The largest absolute Gasteiger partial charge is 0.398 e. The number of nitrogen functional groups attached to an aromatic ring is 1.